The predicted molar refractivity (Wildman–Crippen MR) is 125 cm³/mol. The van der Waals surface area contributed by atoms with Gasteiger partial charge in [-0.15, -0.1) is 0 Å². The van der Waals surface area contributed by atoms with Gasteiger partial charge in [0, 0.05) is 36.2 Å². The van der Waals surface area contributed by atoms with Crippen LogP contribution in [0.1, 0.15) is 40.0 Å². The molecule has 4 rings (SSSR count). The number of carbonyl (C=O) groups excluding carboxylic acids is 1. The van der Waals surface area contributed by atoms with Crippen molar-refractivity contribution in [2.24, 2.45) is 11.1 Å². The summed E-state index contributed by atoms with van der Waals surface area (Å²) in [7, 11) is -4.07. The maximum Gasteiger partial charge on any atom is 0.333 e. The van der Waals surface area contributed by atoms with Gasteiger partial charge in [0.25, 0.3) is 0 Å². The van der Waals surface area contributed by atoms with Gasteiger partial charge < -0.3 is 10.4 Å². The van der Waals surface area contributed by atoms with Crippen LogP contribution in [0, 0.1) is 12.8 Å². The van der Waals surface area contributed by atoms with Crippen molar-refractivity contribution in [3.63, 3.8) is 0 Å². The molecule has 0 radical (unpaired) electrons. The number of nitrogens with two attached hydrogens (primary N) is 1. The Morgan fingerprint density at radius 3 is 2.88 bits per heavy atom. The van der Waals surface area contributed by atoms with Crippen LogP contribution in [0.3, 0.4) is 0 Å². The van der Waals surface area contributed by atoms with Gasteiger partial charge in [-0.05, 0) is 37.5 Å². The van der Waals surface area contributed by atoms with Gasteiger partial charge in [0.2, 0.25) is 5.78 Å². The molecular weight excluding hydrogens is 458 g/mol. The molecule has 0 spiro atoms. The van der Waals surface area contributed by atoms with Crippen LogP contribution < -0.4 is 10.5 Å². The van der Waals surface area contributed by atoms with Gasteiger partial charge in [0.05, 0.1) is 24.8 Å². The van der Waals surface area contributed by atoms with Crippen molar-refractivity contribution in [3.05, 3.63) is 77.4 Å². The molecule has 3 atom stereocenters. The first-order valence-corrected chi connectivity index (χ1v) is 12.3. The number of nitrogens with one attached hydrogen (secondary N) is 1. The summed E-state index contributed by atoms with van der Waals surface area (Å²) in [6.07, 6.45) is 4.90. The molecule has 0 bridgehead atoms. The van der Waals surface area contributed by atoms with Crippen LogP contribution in [0.25, 0.3) is 0 Å². The number of rotatable bonds is 9. The van der Waals surface area contributed by atoms with Gasteiger partial charge in [-0.25, -0.2) is 5.14 Å². The lowest BCUT2D eigenvalue weighted by atomic mass is 10.1. The van der Waals surface area contributed by atoms with E-state index in [0.717, 1.165) is 11.1 Å². The zero-order chi connectivity index (χ0) is 24.3. The van der Waals surface area contributed by atoms with E-state index in [0.29, 0.717) is 36.3 Å². The molecule has 2 aromatic heterocycles. The van der Waals surface area contributed by atoms with Crippen molar-refractivity contribution in [1.29, 1.82) is 0 Å². The molecule has 1 fully saturated rings. The molecule has 1 saturated carbocycles. The van der Waals surface area contributed by atoms with Crippen molar-refractivity contribution in [2.75, 3.05) is 11.9 Å². The number of benzene rings is 1. The zero-order valence-corrected chi connectivity index (χ0v) is 19.5. The van der Waals surface area contributed by atoms with Gasteiger partial charge in [0.15, 0.2) is 0 Å². The fraction of sp³-hybridized carbons (Fsp3) is 0.348. The van der Waals surface area contributed by atoms with Crippen LogP contribution in [-0.4, -0.2) is 52.8 Å². The number of pyridine rings is 1. The molecule has 1 aromatic carbocycles. The number of aliphatic hydroxyl groups is 1. The number of ketones is 1. The standard InChI is InChI=1S/C23H27N5O5S/c1-15-3-2-4-16(9-15)13-28-8-6-21(27-28)23(30)19-12-25-7-5-20(19)26-18-10-17(22(29)11-18)14-33-34(24,31)32/h2-9,12,17-18,22,29H,10-11,13-14H2,1H3,(H,25,26)(H2,24,31,32)/t17-,18-,22+/m1/s1. The first-order chi connectivity index (χ1) is 16.2. The average Bonchev–Trinajstić information content (AvgIpc) is 3.38. The molecule has 4 N–H and O–H groups in total. The highest BCUT2D eigenvalue weighted by Gasteiger charge is 2.34. The molecule has 0 unspecified atom stereocenters. The fourth-order valence-electron chi connectivity index (χ4n) is 4.21. The SMILES string of the molecule is Cc1cccc(Cn2ccc(C(=O)c3cnccc3N[C@@H]3C[C@H](COS(N)(=O)=O)[C@@H](O)C3)n2)c1. The van der Waals surface area contributed by atoms with Gasteiger partial charge in [-0.1, -0.05) is 29.8 Å². The second-order valence-corrected chi connectivity index (χ2v) is 9.78. The van der Waals surface area contributed by atoms with E-state index in [1.807, 2.05) is 25.1 Å². The lowest BCUT2D eigenvalue weighted by Gasteiger charge is -2.16. The Morgan fingerprint density at radius 2 is 2.12 bits per heavy atom. The molecule has 3 aromatic rings. The number of carbonyl (C=O) groups is 1. The quantitative estimate of drug-likeness (QED) is 0.387. The summed E-state index contributed by atoms with van der Waals surface area (Å²) in [6, 6.07) is 11.3. The first kappa shape index (κ1) is 24.0. The van der Waals surface area contributed by atoms with E-state index in [4.69, 9.17) is 5.14 Å². The topological polar surface area (TPSA) is 149 Å². The monoisotopic (exact) mass is 485 g/mol. The fourth-order valence-corrected chi connectivity index (χ4v) is 4.57. The van der Waals surface area contributed by atoms with E-state index in [9.17, 15) is 18.3 Å². The largest absolute Gasteiger partial charge is 0.393 e. The highest BCUT2D eigenvalue weighted by Crippen LogP contribution is 2.30. The number of nitrogens with zero attached hydrogens (tertiary/aromatic N) is 3. The smallest absolute Gasteiger partial charge is 0.333 e. The maximum absolute atomic E-state index is 13.2. The lowest BCUT2D eigenvalue weighted by molar-refractivity contribution is 0.101. The van der Waals surface area contributed by atoms with E-state index in [2.05, 4.69) is 25.6 Å². The number of aryl methyl sites for hydroxylation is 1. The third kappa shape index (κ3) is 6.06. The number of aromatic nitrogens is 3. The van der Waals surface area contributed by atoms with Crippen LogP contribution in [-0.2, 0) is 21.0 Å². The van der Waals surface area contributed by atoms with E-state index in [1.54, 1.807) is 29.2 Å². The Morgan fingerprint density at radius 1 is 1.29 bits per heavy atom. The van der Waals surface area contributed by atoms with Crippen LogP contribution >= 0.6 is 0 Å². The number of anilines is 1. The zero-order valence-electron chi connectivity index (χ0n) is 18.7. The van der Waals surface area contributed by atoms with Crippen molar-refractivity contribution < 1.29 is 22.5 Å². The van der Waals surface area contributed by atoms with Gasteiger partial charge >= 0.3 is 10.3 Å². The first-order valence-electron chi connectivity index (χ1n) is 10.9. The summed E-state index contributed by atoms with van der Waals surface area (Å²) in [5, 5.41) is 22.9. The molecule has 0 saturated heterocycles. The normalized spacial score (nSPS) is 20.4. The Labute approximate surface area is 198 Å². The Balaban J connectivity index is 1.44. The molecule has 2 heterocycles. The minimum absolute atomic E-state index is 0.183. The van der Waals surface area contributed by atoms with Crippen molar-refractivity contribution >= 4 is 21.8 Å². The minimum atomic E-state index is -4.07. The molecule has 1 aliphatic rings. The molecule has 11 heteroatoms. The Hall–Kier alpha value is -3.12. The molecule has 10 nitrogen and oxygen atoms in total. The van der Waals surface area contributed by atoms with E-state index in [-0.39, 0.29) is 18.4 Å². The lowest BCUT2D eigenvalue weighted by Crippen LogP contribution is -2.24. The van der Waals surface area contributed by atoms with Gasteiger partial charge in [-0.3, -0.25) is 18.6 Å². The number of hydrogen-bond donors (Lipinski definition) is 3. The van der Waals surface area contributed by atoms with Crippen molar-refractivity contribution in [2.45, 2.75) is 38.5 Å². The Kier molecular flexibility index (Phi) is 7.08. The summed E-state index contributed by atoms with van der Waals surface area (Å²) < 4.78 is 28.5. The molecular formula is C23H27N5O5S. The van der Waals surface area contributed by atoms with Gasteiger partial charge in [-0.2, -0.15) is 13.5 Å². The molecule has 0 amide bonds. The third-order valence-corrected chi connectivity index (χ3v) is 6.29. The van der Waals surface area contributed by atoms with E-state index >= 15 is 0 Å². The van der Waals surface area contributed by atoms with Crippen LogP contribution in [0.15, 0.2) is 55.0 Å². The maximum atomic E-state index is 13.2. The minimum Gasteiger partial charge on any atom is -0.393 e. The summed E-state index contributed by atoms with van der Waals surface area (Å²) >= 11 is 0. The summed E-state index contributed by atoms with van der Waals surface area (Å²) in [5.74, 6) is -0.666. The molecule has 0 aliphatic heterocycles. The highest BCUT2D eigenvalue weighted by molar-refractivity contribution is 7.84. The second kappa shape index (κ2) is 10.0. The van der Waals surface area contributed by atoms with Crippen molar-refractivity contribution in [1.82, 2.24) is 14.8 Å². The number of aliphatic hydroxyl groups excluding tert-OH is 1. The van der Waals surface area contributed by atoms with Crippen LogP contribution in [0.5, 0.6) is 0 Å². The molecule has 180 valence electrons. The number of hydrogen-bond acceptors (Lipinski definition) is 8. The predicted octanol–water partition coefficient (Wildman–Crippen LogP) is 1.64. The molecule has 1 aliphatic carbocycles. The Bertz CT molecular complexity index is 1280. The van der Waals surface area contributed by atoms with Crippen molar-refractivity contribution in [3.8, 4) is 0 Å². The highest BCUT2D eigenvalue weighted by atomic mass is 32.2. The summed E-state index contributed by atoms with van der Waals surface area (Å²) in [4.78, 5) is 17.3. The average molecular weight is 486 g/mol. The molecule has 34 heavy (non-hydrogen) atoms. The summed E-state index contributed by atoms with van der Waals surface area (Å²) in [5.41, 5.74) is 3.48. The third-order valence-electron chi connectivity index (χ3n) is 5.83. The van der Waals surface area contributed by atoms with Crippen LogP contribution in [0.2, 0.25) is 0 Å². The van der Waals surface area contributed by atoms with Gasteiger partial charge in [0.1, 0.15) is 5.69 Å². The van der Waals surface area contributed by atoms with Crippen LogP contribution in [0.4, 0.5) is 5.69 Å². The van der Waals surface area contributed by atoms with E-state index < -0.39 is 22.3 Å². The van der Waals surface area contributed by atoms with E-state index in [1.165, 1.54) is 6.20 Å². The second-order valence-electron chi connectivity index (χ2n) is 8.56. The summed E-state index contributed by atoms with van der Waals surface area (Å²) in [6.45, 7) is 2.38.